The van der Waals surface area contributed by atoms with E-state index in [4.69, 9.17) is 5.73 Å². The van der Waals surface area contributed by atoms with Crippen molar-refractivity contribution in [3.8, 4) is 0 Å². The highest BCUT2D eigenvalue weighted by Crippen LogP contribution is 2.26. The molecule has 13 heavy (non-hydrogen) atoms. The summed E-state index contributed by atoms with van der Waals surface area (Å²) in [6.45, 7) is 3.49. The number of hydrogen-bond donors (Lipinski definition) is 1. The number of carbonyl (C=O) groups excluding carboxylic acids is 1. The fraction of sp³-hybridized carbons (Fsp3) is 0.300. The second-order valence-electron chi connectivity index (χ2n) is 3.09. The van der Waals surface area contributed by atoms with E-state index in [2.05, 4.69) is 15.9 Å². The average molecular weight is 242 g/mol. The van der Waals surface area contributed by atoms with Crippen LogP contribution < -0.4 is 5.73 Å². The van der Waals surface area contributed by atoms with Crippen molar-refractivity contribution >= 4 is 27.4 Å². The average Bonchev–Trinajstić information content (AvgIpc) is 2.08. The van der Waals surface area contributed by atoms with Gasteiger partial charge in [0.1, 0.15) is 5.78 Å². The van der Waals surface area contributed by atoms with Gasteiger partial charge >= 0.3 is 0 Å². The van der Waals surface area contributed by atoms with E-state index < -0.39 is 0 Å². The van der Waals surface area contributed by atoms with Crippen molar-refractivity contribution in [1.29, 1.82) is 0 Å². The number of Topliss-reactive ketones (excluding diaryl/α,β-unsaturated/α-hetero) is 1. The third-order valence-electron chi connectivity index (χ3n) is 1.95. The van der Waals surface area contributed by atoms with Gasteiger partial charge in [0.2, 0.25) is 0 Å². The van der Waals surface area contributed by atoms with Crippen LogP contribution in [0.2, 0.25) is 0 Å². The fourth-order valence-corrected chi connectivity index (χ4v) is 1.34. The molecule has 0 fully saturated rings. The molecule has 0 amide bonds. The molecule has 2 N–H and O–H groups in total. The van der Waals surface area contributed by atoms with Gasteiger partial charge in [-0.1, -0.05) is 28.1 Å². The smallest absolute Gasteiger partial charge is 0.147 e. The summed E-state index contributed by atoms with van der Waals surface area (Å²) in [6.07, 6.45) is 0. The normalized spacial score (nSPS) is 12.5. The minimum atomic E-state index is -0.240. The Balaban J connectivity index is 3.03. The Morgan fingerprint density at radius 2 is 2.15 bits per heavy atom. The molecular weight excluding hydrogens is 230 g/mol. The number of benzene rings is 1. The molecule has 1 rings (SSSR count). The first-order valence-corrected chi connectivity index (χ1v) is 4.94. The lowest BCUT2D eigenvalue weighted by atomic mass is 10.1. The van der Waals surface area contributed by atoms with Crippen LogP contribution in [0.15, 0.2) is 18.2 Å². The molecule has 0 radical (unpaired) electrons. The van der Waals surface area contributed by atoms with E-state index >= 15 is 0 Å². The van der Waals surface area contributed by atoms with Crippen LogP contribution >= 0.6 is 15.9 Å². The zero-order valence-corrected chi connectivity index (χ0v) is 9.26. The highest BCUT2D eigenvalue weighted by atomic mass is 79.9. The third kappa shape index (κ3) is 2.31. The first-order chi connectivity index (χ1) is 6.02. The van der Waals surface area contributed by atoms with E-state index in [0.29, 0.717) is 0 Å². The van der Waals surface area contributed by atoms with Gasteiger partial charge < -0.3 is 5.73 Å². The quantitative estimate of drug-likeness (QED) is 0.639. The molecule has 0 aliphatic rings. The van der Waals surface area contributed by atoms with E-state index in [-0.39, 0.29) is 10.6 Å². The molecule has 0 aliphatic carbocycles. The van der Waals surface area contributed by atoms with E-state index in [1.807, 2.05) is 25.1 Å². The van der Waals surface area contributed by atoms with E-state index in [0.717, 1.165) is 16.8 Å². The summed E-state index contributed by atoms with van der Waals surface area (Å²) in [5.74, 6) is 0.0863. The van der Waals surface area contributed by atoms with Crippen LogP contribution in [0, 0.1) is 6.92 Å². The van der Waals surface area contributed by atoms with Gasteiger partial charge in [0.15, 0.2) is 0 Å². The van der Waals surface area contributed by atoms with Gasteiger partial charge in [-0.05, 0) is 31.0 Å². The highest BCUT2D eigenvalue weighted by molar-refractivity contribution is 9.09. The molecule has 0 heterocycles. The molecule has 0 saturated carbocycles. The summed E-state index contributed by atoms with van der Waals surface area (Å²) in [5, 5.41) is 0. The summed E-state index contributed by atoms with van der Waals surface area (Å²) < 4.78 is 0. The van der Waals surface area contributed by atoms with Crippen LogP contribution in [0.4, 0.5) is 5.69 Å². The van der Waals surface area contributed by atoms with Gasteiger partial charge in [-0.15, -0.1) is 0 Å². The van der Waals surface area contributed by atoms with Crippen LogP contribution in [-0.4, -0.2) is 5.78 Å². The number of aryl methyl sites for hydroxylation is 1. The predicted molar refractivity (Wildman–Crippen MR) is 57.9 cm³/mol. The van der Waals surface area contributed by atoms with Gasteiger partial charge in [-0.2, -0.15) is 0 Å². The number of nitrogens with two attached hydrogens (primary N) is 1. The topological polar surface area (TPSA) is 43.1 Å². The molecule has 1 unspecified atom stereocenters. The number of ketones is 1. The van der Waals surface area contributed by atoms with Crippen LogP contribution in [-0.2, 0) is 4.79 Å². The van der Waals surface area contributed by atoms with Crippen molar-refractivity contribution in [3.05, 3.63) is 29.3 Å². The second-order valence-corrected chi connectivity index (χ2v) is 4.00. The molecule has 70 valence electrons. The van der Waals surface area contributed by atoms with Crippen molar-refractivity contribution in [2.45, 2.75) is 18.7 Å². The second kappa shape index (κ2) is 3.92. The number of alkyl halides is 1. The number of carbonyl (C=O) groups is 1. The number of halogens is 1. The Kier molecular flexibility index (Phi) is 3.09. The van der Waals surface area contributed by atoms with Crippen molar-refractivity contribution in [3.63, 3.8) is 0 Å². The van der Waals surface area contributed by atoms with E-state index in [1.54, 1.807) is 6.92 Å². The van der Waals surface area contributed by atoms with Crippen LogP contribution in [0.5, 0.6) is 0 Å². The molecule has 3 heteroatoms. The molecule has 0 spiro atoms. The molecule has 0 aliphatic heterocycles. The van der Waals surface area contributed by atoms with Gasteiger partial charge in [-0.25, -0.2) is 0 Å². The van der Waals surface area contributed by atoms with Gasteiger partial charge in [-0.3, -0.25) is 4.79 Å². The summed E-state index contributed by atoms with van der Waals surface area (Å²) in [7, 11) is 0. The van der Waals surface area contributed by atoms with E-state index in [1.165, 1.54) is 0 Å². The first kappa shape index (κ1) is 10.3. The molecule has 1 atom stereocenters. The fourth-order valence-electron chi connectivity index (χ4n) is 1.05. The maximum atomic E-state index is 11.1. The number of anilines is 1. The Hall–Kier alpha value is -0.830. The summed E-state index contributed by atoms with van der Waals surface area (Å²) >= 11 is 3.30. The molecule has 2 nitrogen and oxygen atoms in total. The van der Waals surface area contributed by atoms with Crippen molar-refractivity contribution in [2.75, 3.05) is 5.73 Å². The Morgan fingerprint density at radius 1 is 1.54 bits per heavy atom. The predicted octanol–water partition coefficient (Wildman–Crippen LogP) is 2.60. The Labute approximate surface area is 86.3 Å². The van der Waals surface area contributed by atoms with Crippen molar-refractivity contribution in [2.24, 2.45) is 0 Å². The SMILES string of the molecule is CC(=O)C(Br)c1ccc(C)c(N)c1. The minimum Gasteiger partial charge on any atom is -0.399 e. The zero-order chi connectivity index (χ0) is 10.0. The Bertz CT molecular complexity index is 336. The van der Waals surface area contributed by atoms with Gasteiger partial charge in [0.25, 0.3) is 0 Å². The summed E-state index contributed by atoms with van der Waals surface area (Å²) in [5.41, 5.74) is 8.40. The minimum absolute atomic E-state index is 0.0863. The lowest BCUT2D eigenvalue weighted by Crippen LogP contribution is -2.02. The zero-order valence-electron chi connectivity index (χ0n) is 7.67. The summed E-state index contributed by atoms with van der Waals surface area (Å²) in [4.78, 5) is 10.8. The third-order valence-corrected chi connectivity index (χ3v) is 3.13. The molecule has 0 bridgehead atoms. The van der Waals surface area contributed by atoms with Crippen LogP contribution in [0.1, 0.15) is 22.9 Å². The lowest BCUT2D eigenvalue weighted by Gasteiger charge is -2.08. The van der Waals surface area contributed by atoms with E-state index in [9.17, 15) is 4.79 Å². The number of nitrogen functional groups attached to an aromatic ring is 1. The number of hydrogen-bond acceptors (Lipinski definition) is 2. The maximum Gasteiger partial charge on any atom is 0.147 e. The first-order valence-electron chi connectivity index (χ1n) is 4.03. The number of rotatable bonds is 2. The van der Waals surface area contributed by atoms with Crippen molar-refractivity contribution in [1.82, 2.24) is 0 Å². The molecule has 0 saturated heterocycles. The molecule has 1 aromatic rings. The Morgan fingerprint density at radius 3 is 2.62 bits per heavy atom. The highest BCUT2D eigenvalue weighted by Gasteiger charge is 2.12. The molecule has 1 aromatic carbocycles. The standard InChI is InChI=1S/C10H12BrNO/c1-6-3-4-8(5-9(6)12)10(11)7(2)13/h3-5,10H,12H2,1-2H3. The largest absolute Gasteiger partial charge is 0.399 e. The van der Waals surface area contributed by atoms with Gasteiger partial charge in [0, 0.05) is 5.69 Å². The lowest BCUT2D eigenvalue weighted by molar-refractivity contribution is -0.116. The monoisotopic (exact) mass is 241 g/mol. The van der Waals surface area contributed by atoms with Gasteiger partial charge in [0.05, 0.1) is 4.83 Å². The van der Waals surface area contributed by atoms with Crippen molar-refractivity contribution < 1.29 is 4.79 Å². The maximum absolute atomic E-state index is 11.1. The summed E-state index contributed by atoms with van der Waals surface area (Å²) in [6, 6.07) is 5.66. The van der Waals surface area contributed by atoms with Crippen LogP contribution in [0.3, 0.4) is 0 Å². The van der Waals surface area contributed by atoms with Crippen LogP contribution in [0.25, 0.3) is 0 Å². The molecule has 0 aromatic heterocycles. The molecular formula is C10H12BrNO.